The summed E-state index contributed by atoms with van der Waals surface area (Å²) in [6, 6.07) is 10.2. The van der Waals surface area contributed by atoms with Gasteiger partial charge in [-0.15, -0.1) is 0 Å². The molecule has 1 saturated heterocycles. The Bertz CT molecular complexity index is 388. The van der Waals surface area contributed by atoms with Crippen molar-refractivity contribution in [2.45, 2.75) is 57.7 Å². The van der Waals surface area contributed by atoms with Gasteiger partial charge in [-0.1, -0.05) is 34.5 Å². The quantitative estimate of drug-likeness (QED) is 0.854. The Morgan fingerprint density at radius 1 is 1.37 bits per heavy atom. The third-order valence-electron chi connectivity index (χ3n) is 3.93. The molecule has 0 aromatic heterocycles. The van der Waals surface area contributed by atoms with Crippen molar-refractivity contribution in [2.24, 2.45) is 0 Å². The van der Waals surface area contributed by atoms with E-state index in [-0.39, 0.29) is 0 Å². The molecule has 106 valence electrons. The van der Waals surface area contributed by atoms with Crippen LogP contribution in [-0.4, -0.2) is 18.6 Å². The number of piperidine rings is 1. The first-order valence-electron chi connectivity index (χ1n) is 7.40. The summed E-state index contributed by atoms with van der Waals surface area (Å²) in [7, 11) is 0. The van der Waals surface area contributed by atoms with Crippen molar-refractivity contribution in [3.63, 3.8) is 0 Å². The third kappa shape index (κ3) is 4.90. The summed E-state index contributed by atoms with van der Waals surface area (Å²) >= 11 is 3.54. The number of hydrogen-bond acceptors (Lipinski definition) is 2. The molecule has 2 N–H and O–H groups in total. The Hall–Kier alpha value is -0.380. The van der Waals surface area contributed by atoms with Crippen molar-refractivity contribution < 1.29 is 0 Å². The van der Waals surface area contributed by atoms with Crippen LogP contribution in [0.5, 0.6) is 0 Å². The molecular weight excluding hydrogens is 300 g/mol. The summed E-state index contributed by atoms with van der Waals surface area (Å²) in [6.07, 6.45) is 5.27. The van der Waals surface area contributed by atoms with Gasteiger partial charge in [0.05, 0.1) is 0 Å². The molecule has 1 heterocycles. The van der Waals surface area contributed by atoms with Crippen LogP contribution in [0, 0.1) is 0 Å². The van der Waals surface area contributed by atoms with E-state index in [1.165, 1.54) is 37.8 Å². The van der Waals surface area contributed by atoms with Gasteiger partial charge in [0.2, 0.25) is 0 Å². The molecule has 1 aliphatic rings. The molecule has 0 aliphatic carbocycles. The van der Waals surface area contributed by atoms with Crippen molar-refractivity contribution in [1.29, 1.82) is 0 Å². The highest BCUT2D eigenvalue weighted by Gasteiger charge is 2.17. The first-order chi connectivity index (χ1) is 9.15. The Labute approximate surface area is 125 Å². The first kappa shape index (κ1) is 15.0. The fourth-order valence-corrected chi connectivity index (χ4v) is 3.34. The highest BCUT2D eigenvalue weighted by molar-refractivity contribution is 9.10. The fraction of sp³-hybridized carbons (Fsp3) is 0.625. The number of halogens is 1. The molecule has 2 nitrogen and oxygen atoms in total. The van der Waals surface area contributed by atoms with Crippen LogP contribution in [0.3, 0.4) is 0 Å². The van der Waals surface area contributed by atoms with Crippen molar-refractivity contribution in [3.8, 4) is 0 Å². The second-order valence-electron chi connectivity index (χ2n) is 5.73. The summed E-state index contributed by atoms with van der Waals surface area (Å²) in [5.41, 5.74) is 1.35. The van der Waals surface area contributed by atoms with Gasteiger partial charge in [-0.2, -0.15) is 0 Å². The minimum absolute atomic E-state index is 0.399. The predicted molar refractivity (Wildman–Crippen MR) is 85.4 cm³/mol. The third-order valence-corrected chi connectivity index (χ3v) is 4.43. The van der Waals surface area contributed by atoms with Gasteiger partial charge in [0.25, 0.3) is 0 Å². The first-order valence-corrected chi connectivity index (χ1v) is 8.19. The van der Waals surface area contributed by atoms with Gasteiger partial charge < -0.3 is 10.6 Å². The molecule has 0 saturated carbocycles. The van der Waals surface area contributed by atoms with Gasteiger partial charge in [-0.3, -0.25) is 0 Å². The van der Waals surface area contributed by atoms with E-state index < -0.39 is 0 Å². The van der Waals surface area contributed by atoms with Crippen molar-refractivity contribution in [3.05, 3.63) is 34.3 Å². The highest BCUT2D eigenvalue weighted by Crippen LogP contribution is 2.19. The second kappa shape index (κ2) is 7.41. The lowest BCUT2D eigenvalue weighted by atomic mass is 9.98. The van der Waals surface area contributed by atoms with Crippen LogP contribution in [0.15, 0.2) is 28.7 Å². The molecule has 0 amide bonds. The zero-order valence-electron chi connectivity index (χ0n) is 12.0. The molecular formula is C16H25BrN2. The lowest BCUT2D eigenvalue weighted by molar-refractivity contribution is 0.334. The molecule has 0 bridgehead atoms. The Balaban J connectivity index is 1.82. The lowest BCUT2D eigenvalue weighted by Gasteiger charge is -2.28. The molecule has 1 aromatic rings. The standard InChI is InChI=1S/C16H25BrN2/c1-12(10-16-8-3-4-9-18-16)19-13(2)14-6-5-7-15(17)11-14/h5-7,11-13,16,18-19H,3-4,8-10H2,1-2H3. The van der Waals surface area contributed by atoms with E-state index in [2.05, 4.69) is 64.7 Å². The molecule has 1 aromatic carbocycles. The average molecular weight is 325 g/mol. The zero-order valence-corrected chi connectivity index (χ0v) is 13.5. The summed E-state index contributed by atoms with van der Waals surface area (Å²) < 4.78 is 1.15. The topological polar surface area (TPSA) is 24.1 Å². The highest BCUT2D eigenvalue weighted by atomic mass is 79.9. The van der Waals surface area contributed by atoms with E-state index in [0.717, 1.165) is 4.47 Å². The summed E-state index contributed by atoms with van der Waals surface area (Å²) in [4.78, 5) is 0. The number of benzene rings is 1. The van der Waals surface area contributed by atoms with Crippen LogP contribution in [0.2, 0.25) is 0 Å². The Morgan fingerprint density at radius 3 is 2.89 bits per heavy atom. The molecule has 3 atom stereocenters. The number of nitrogens with one attached hydrogen (secondary N) is 2. The molecule has 2 rings (SSSR count). The summed E-state index contributed by atoms with van der Waals surface area (Å²) in [5.74, 6) is 0. The summed E-state index contributed by atoms with van der Waals surface area (Å²) in [5, 5.41) is 7.33. The van der Waals surface area contributed by atoms with Crippen LogP contribution in [0.1, 0.15) is 51.1 Å². The van der Waals surface area contributed by atoms with Gasteiger partial charge in [0, 0.05) is 22.6 Å². The van der Waals surface area contributed by atoms with E-state index >= 15 is 0 Å². The van der Waals surface area contributed by atoms with Crippen LogP contribution in [0.25, 0.3) is 0 Å². The fourth-order valence-electron chi connectivity index (χ4n) is 2.92. The van der Waals surface area contributed by atoms with Crippen LogP contribution in [0.4, 0.5) is 0 Å². The smallest absolute Gasteiger partial charge is 0.0294 e. The number of hydrogen-bond donors (Lipinski definition) is 2. The maximum Gasteiger partial charge on any atom is 0.0294 e. The minimum Gasteiger partial charge on any atom is -0.314 e. The SMILES string of the molecule is CC(CC1CCCCN1)NC(C)c1cccc(Br)c1. The van der Waals surface area contributed by atoms with Crippen LogP contribution in [-0.2, 0) is 0 Å². The molecule has 0 spiro atoms. The van der Waals surface area contributed by atoms with Gasteiger partial charge >= 0.3 is 0 Å². The van der Waals surface area contributed by atoms with Gasteiger partial charge in [0.15, 0.2) is 0 Å². The molecule has 3 heteroatoms. The lowest BCUT2D eigenvalue weighted by Crippen LogP contribution is -2.40. The van der Waals surface area contributed by atoms with E-state index in [1.807, 2.05) is 0 Å². The van der Waals surface area contributed by atoms with Crippen molar-refractivity contribution in [1.82, 2.24) is 10.6 Å². The maximum absolute atomic E-state index is 3.71. The van der Waals surface area contributed by atoms with Gasteiger partial charge in [0.1, 0.15) is 0 Å². The predicted octanol–water partition coefficient (Wildman–Crippen LogP) is 4.02. The zero-order chi connectivity index (χ0) is 13.7. The van der Waals surface area contributed by atoms with E-state index in [4.69, 9.17) is 0 Å². The molecule has 3 unspecified atom stereocenters. The van der Waals surface area contributed by atoms with E-state index in [1.54, 1.807) is 0 Å². The van der Waals surface area contributed by atoms with Crippen LogP contribution < -0.4 is 10.6 Å². The second-order valence-corrected chi connectivity index (χ2v) is 6.64. The summed E-state index contributed by atoms with van der Waals surface area (Å²) in [6.45, 7) is 5.73. The molecule has 0 radical (unpaired) electrons. The molecule has 1 aliphatic heterocycles. The van der Waals surface area contributed by atoms with Crippen molar-refractivity contribution in [2.75, 3.05) is 6.54 Å². The Morgan fingerprint density at radius 2 is 2.21 bits per heavy atom. The molecule has 19 heavy (non-hydrogen) atoms. The maximum atomic E-state index is 3.71. The molecule has 1 fully saturated rings. The average Bonchev–Trinajstić information content (AvgIpc) is 2.39. The van der Waals surface area contributed by atoms with Gasteiger partial charge in [-0.25, -0.2) is 0 Å². The van der Waals surface area contributed by atoms with E-state index in [0.29, 0.717) is 18.1 Å². The number of rotatable bonds is 5. The largest absolute Gasteiger partial charge is 0.314 e. The van der Waals surface area contributed by atoms with E-state index in [9.17, 15) is 0 Å². The van der Waals surface area contributed by atoms with Gasteiger partial charge in [-0.05, 0) is 57.4 Å². The van der Waals surface area contributed by atoms with Crippen molar-refractivity contribution >= 4 is 15.9 Å². The van der Waals surface area contributed by atoms with Crippen LogP contribution >= 0.6 is 15.9 Å². The normalized spacial score (nSPS) is 23.0. The monoisotopic (exact) mass is 324 g/mol. The Kier molecular flexibility index (Phi) is 5.86. The minimum atomic E-state index is 0.399.